The molecular weight excluding hydrogens is 364 g/mol. The second-order valence-electron chi connectivity index (χ2n) is 8.72. The van der Waals surface area contributed by atoms with Gasteiger partial charge in [0.05, 0.1) is 0 Å². The molecule has 164 valence electrons. The van der Waals surface area contributed by atoms with E-state index in [0.717, 1.165) is 57.5 Å². The first kappa shape index (κ1) is 22.5. The molecule has 0 saturated carbocycles. The molecule has 1 aromatic carbocycles. The fourth-order valence-corrected chi connectivity index (χ4v) is 4.26. The molecule has 2 aliphatic heterocycles. The van der Waals surface area contributed by atoms with Crippen LogP contribution >= 0.6 is 0 Å². The molecular formula is C23H40N4O2. The lowest BCUT2D eigenvalue weighted by molar-refractivity contribution is 0.0471. The summed E-state index contributed by atoms with van der Waals surface area (Å²) in [6.07, 6.45) is 2.13. The zero-order valence-corrected chi connectivity index (χ0v) is 18.4. The van der Waals surface area contributed by atoms with Crippen molar-refractivity contribution in [2.75, 3.05) is 72.6 Å². The number of piperazine rings is 1. The molecule has 0 spiro atoms. The zero-order chi connectivity index (χ0) is 20.5. The van der Waals surface area contributed by atoms with E-state index in [-0.39, 0.29) is 0 Å². The van der Waals surface area contributed by atoms with Crippen LogP contribution in [0.15, 0.2) is 24.3 Å². The van der Waals surface area contributed by atoms with E-state index in [1.165, 1.54) is 31.5 Å². The number of aliphatic hydroxyl groups is 1. The predicted octanol–water partition coefficient (Wildman–Crippen LogP) is 1.50. The van der Waals surface area contributed by atoms with Crippen LogP contribution in [0.3, 0.4) is 0 Å². The highest BCUT2D eigenvalue weighted by atomic mass is 16.5. The smallest absolute Gasteiger partial charge is 0.119 e. The summed E-state index contributed by atoms with van der Waals surface area (Å²) in [7, 11) is 2.21. The van der Waals surface area contributed by atoms with Crippen LogP contribution in [-0.4, -0.2) is 98.5 Å². The molecule has 0 aromatic heterocycles. The number of ether oxygens (including phenoxy) is 1. The molecule has 1 atom stereocenters. The molecule has 2 N–H and O–H groups in total. The van der Waals surface area contributed by atoms with Crippen molar-refractivity contribution < 1.29 is 9.84 Å². The number of hydrogen-bond donors (Lipinski definition) is 2. The average molecular weight is 405 g/mol. The van der Waals surface area contributed by atoms with Crippen molar-refractivity contribution in [2.24, 2.45) is 5.92 Å². The van der Waals surface area contributed by atoms with Crippen molar-refractivity contribution in [3.05, 3.63) is 29.8 Å². The first-order chi connectivity index (χ1) is 14.1. The maximum absolute atomic E-state index is 10.4. The average Bonchev–Trinajstić information content (AvgIpc) is 2.75. The molecule has 0 bridgehead atoms. The SMILES string of the molecule is CCN1CCN(CC(O)COc2cccc(CNCC3CCN(C)CC3)c2)CC1. The van der Waals surface area contributed by atoms with Gasteiger partial charge in [0.15, 0.2) is 0 Å². The number of nitrogens with zero attached hydrogens (tertiary/aromatic N) is 3. The van der Waals surface area contributed by atoms with Crippen LogP contribution in [0, 0.1) is 5.92 Å². The van der Waals surface area contributed by atoms with Crippen LogP contribution in [0.2, 0.25) is 0 Å². The number of aliphatic hydroxyl groups excluding tert-OH is 1. The first-order valence-electron chi connectivity index (χ1n) is 11.4. The lowest BCUT2D eigenvalue weighted by Crippen LogP contribution is -2.49. The van der Waals surface area contributed by atoms with E-state index in [9.17, 15) is 5.11 Å². The summed E-state index contributed by atoms with van der Waals surface area (Å²) in [5, 5.41) is 14.0. The molecule has 0 radical (unpaired) electrons. The fourth-order valence-electron chi connectivity index (χ4n) is 4.26. The van der Waals surface area contributed by atoms with Crippen molar-refractivity contribution in [1.82, 2.24) is 20.0 Å². The van der Waals surface area contributed by atoms with Gasteiger partial charge in [0.1, 0.15) is 18.5 Å². The maximum Gasteiger partial charge on any atom is 0.119 e. The normalized spacial score (nSPS) is 21.3. The molecule has 2 fully saturated rings. The van der Waals surface area contributed by atoms with Gasteiger partial charge in [0.25, 0.3) is 0 Å². The van der Waals surface area contributed by atoms with E-state index in [1.54, 1.807) is 0 Å². The van der Waals surface area contributed by atoms with Gasteiger partial charge in [-0.2, -0.15) is 0 Å². The molecule has 2 heterocycles. The Kier molecular flexibility index (Phi) is 9.21. The minimum Gasteiger partial charge on any atom is -0.491 e. The molecule has 6 heteroatoms. The highest BCUT2D eigenvalue weighted by molar-refractivity contribution is 5.28. The summed E-state index contributed by atoms with van der Waals surface area (Å²) < 4.78 is 5.88. The zero-order valence-electron chi connectivity index (χ0n) is 18.4. The van der Waals surface area contributed by atoms with Gasteiger partial charge in [-0.25, -0.2) is 0 Å². The lowest BCUT2D eigenvalue weighted by Gasteiger charge is -2.34. The number of β-amino-alcohol motifs (C(OH)–C–C–N with tert-alkyl or cyclic N) is 1. The first-order valence-corrected chi connectivity index (χ1v) is 11.4. The third kappa shape index (κ3) is 7.87. The van der Waals surface area contributed by atoms with Gasteiger partial charge in [-0.3, -0.25) is 4.90 Å². The summed E-state index contributed by atoms with van der Waals surface area (Å²) in [6, 6.07) is 8.25. The van der Waals surface area contributed by atoms with E-state index in [1.807, 2.05) is 12.1 Å². The minimum absolute atomic E-state index is 0.348. The second-order valence-corrected chi connectivity index (χ2v) is 8.72. The summed E-state index contributed by atoms with van der Waals surface area (Å²) in [5.41, 5.74) is 1.24. The van der Waals surface area contributed by atoms with Gasteiger partial charge in [-0.05, 0) is 69.7 Å². The maximum atomic E-state index is 10.4. The third-order valence-electron chi connectivity index (χ3n) is 6.32. The largest absolute Gasteiger partial charge is 0.491 e. The third-order valence-corrected chi connectivity index (χ3v) is 6.32. The predicted molar refractivity (Wildman–Crippen MR) is 118 cm³/mol. The van der Waals surface area contributed by atoms with Crippen LogP contribution in [0.25, 0.3) is 0 Å². The van der Waals surface area contributed by atoms with Gasteiger partial charge in [-0.15, -0.1) is 0 Å². The van der Waals surface area contributed by atoms with Gasteiger partial charge >= 0.3 is 0 Å². The summed E-state index contributed by atoms with van der Waals surface area (Å²) in [6.45, 7) is 13.0. The second kappa shape index (κ2) is 11.9. The molecule has 1 unspecified atom stereocenters. The molecule has 2 aliphatic rings. The van der Waals surface area contributed by atoms with Crippen molar-refractivity contribution >= 4 is 0 Å². The molecule has 6 nitrogen and oxygen atoms in total. The Hall–Kier alpha value is -1.18. The number of piperidine rings is 1. The fraction of sp³-hybridized carbons (Fsp3) is 0.739. The molecule has 29 heavy (non-hydrogen) atoms. The van der Waals surface area contributed by atoms with Gasteiger partial charge in [0, 0.05) is 39.3 Å². The van der Waals surface area contributed by atoms with Crippen molar-refractivity contribution in [1.29, 1.82) is 0 Å². The lowest BCUT2D eigenvalue weighted by atomic mass is 9.97. The summed E-state index contributed by atoms with van der Waals surface area (Å²) in [4.78, 5) is 7.20. The number of likely N-dealkylation sites (tertiary alicyclic amines) is 1. The standard InChI is InChI=1S/C23H40N4O2/c1-3-26-11-13-27(14-12-26)18-22(28)19-29-23-6-4-5-21(15-23)17-24-16-20-7-9-25(2)10-8-20/h4-6,15,20,22,24,28H,3,7-14,16-19H2,1-2H3. The quantitative estimate of drug-likeness (QED) is 0.616. The highest BCUT2D eigenvalue weighted by Crippen LogP contribution is 2.16. The van der Waals surface area contributed by atoms with Crippen LogP contribution < -0.4 is 10.1 Å². The van der Waals surface area contributed by atoms with Crippen molar-refractivity contribution in [3.8, 4) is 5.75 Å². The van der Waals surface area contributed by atoms with Crippen LogP contribution in [0.1, 0.15) is 25.3 Å². The molecule has 0 aliphatic carbocycles. The van der Waals surface area contributed by atoms with Crippen LogP contribution in [0.4, 0.5) is 0 Å². The minimum atomic E-state index is -0.450. The highest BCUT2D eigenvalue weighted by Gasteiger charge is 2.19. The molecule has 1 aromatic rings. The van der Waals surface area contributed by atoms with Crippen LogP contribution in [0.5, 0.6) is 5.75 Å². The summed E-state index contributed by atoms with van der Waals surface area (Å²) >= 11 is 0. The summed E-state index contributed by atoms with van der Waals surface area (Å²) in [5.74, 6) is 1.64. The monoisotopic (exact) mass is 404 g/mol. The van der Waals surface area contributed by atoms with E-state index in [4.69, 9.17) is 4.74 Å². The Bertz CT molecular complexity index is 584. The number of hydrogen-bond acceptors (Lipinski definition) is 6. The Morgan fingerprint density at radius 2 is 1.83 bits per heavy atom. The van der Waals surface area contributed by atoms with Crippen LogP contribution in [-0.2, 0) is 6.54 Å². The topological polar surface area (TPSA) is 51.2 Å². The number of nitrogens with one attached hydrogen (secondary N) is 1. The van der Waals surface area contributed by atoms with E-state index in [2.05, 4.69) is 46.1 Å². The molecule has 2 saturated heterocycles. The van der Waals surface area contributed by atoms with Crippen molar-refractivity contribution in [3.63, 3.8) is 0 Å². The van der Waals surface area contributed by atoms with E-state index < -0.39 is 6.10 Å². The van der Waals surface area contributed by atoms with Gasteiger partial charge < -0.3 is 25.0 Å². The Morgan fingerprint density at radius 3 is 2.55 bits per heavy atom. The van der Waals surface area contributed by atoms with E-state index >= 15 is 0 Å². The number of rotatable bonds is 10. The van der Waals surface area contributed by atoms with E-state index in [0.29, 0.717) is 13.2 Å². The molecule has 3 rings (SSSR count). The van der Waals surface area contributed by atoms with Gasteiger partial charge in [0.2, 0.25) is 0 Å². The Labute approximate surface area is 176 Å². The van der Waals surface area contributed by atoms with Crippen molar-refractivity contribution in [2.45, 2.75) is 32.4 Å². The number of likely N-dealkylation sites (N-methyl/N-ethyl adjacent to an activating group) is 1. The Morgan fingerprint density at radius 1 is 1.10 bits per heavy atom. The van der Waals surface area contributed by atoms with Gasteiger partial charge in [-0.1, -0.05) is 19.1 Å². The Balaban J connectivity index is 1.33. The number of benzene rings is 1. The molecule has 0 amide bonds.